The number of benzene rings is 1. The minimum atomic E-state index is 0.0138. The van der Waals surface area contributed by atoms with Gasteiger partial charge >= 0.3 is 0 Å². The van der Waals surface area contributed by atoms with E-state index >= 15 is 0 Å². The molecule has 31 heavy (non-hydrogen) atoms. The summed E-state index contributed by atoms with van der Waals surface area (Å²) in [4.78, 5) is 15.7. The topological polar surface area (TPSA) is 32.3 Å². The van der Waals surface area contributed by atoms with Gasteiger partial charge in [0, 0.05) is 18.5 Å². The molecule has 5 fully saturated rings. The van der Waals surface area contributed by atoms with E-state index in [0.717, 1.165) is 30.7 Å². The van der Waals surface area contributed by atoms with Crippen molar-refractivity contribution in [3.05, 3.63) is 42.0 Å². The zero-order valence-corrected chi connectivity index (χ0v) is 19.1. The Balaban J connectivity index is 1.01. The van der Waals surface area contributed by atoms with Crippen LogP contribution in [0.2, 0.25) is 0 Å². The molecular weight excluding hydrogens is 380 g/mol. The van der Waals surface area contributed by atoms with Crippen LogP contribution in [0.1, 0.15) is 69.8 Å². The van der Waals surface area contributed by atoms with Gasteiger partial charge in [0.05, 0.1) is 0 Å². The lowest BCUT2D eigenvalue weighted by molar-refractivity contribution is -0.146. The molecule has 6 rings (SSSR count). The fourth-order valence-electron chi connectivity index (χ4n) is 7.50. The first kappa shape index (κ1) is 21.2. The van der Waals surface area contributed by atoms with Crippen molar-refractivity contribution in [1.29, 1.82) is 0 Å². The van der Waals surface area contributed by atoms with Crippen LogP contribution >= 0.6 is 0 Å². The van der Waals surface area contributed by atoms with Crippen LogP contribution in [0.5, 0.6) is 0 Å². The Kier molecular flexibility index (Phi) is 6.50. The second-order valence-electron chi connectivity index (χ2n) is 11.1. The third-order valence-electron chi connectivity index (χ3n) is 8.61. The maximum Gasteiger partial charge on any atom is 0.226 e. The van der Waals surface area contributed by atoms with E-state index in [4.69, 9.17) is 0 Å². The van der Waals surface area contributed by atoms with Gasteiger partial charge in [-0.1, -0.05) is 42.5 Å². The number of carbonyl (C=O) groups excluding carboxylic acids is 1. The summed E-state index contributed by atoms with van der Waals surface area (Å²) in [6, 6.07) is 10.6. The molecule has 1 amide bonds. The molecule has 1 N–H and O–H groups in total. The fraction of sp³-hybridized carbons (Fsp3) is 0.679. The number of nitrogens with one attached hydrogen (secondary N) is 1. The number of hydrogen-bond acceptors (Lipinski definition) is 2. The molecule has 1 atom stereocenters. The Hall–Kier alpha value is -1.61. The summed E-state index contributed by atoms with van der Waals surface area (Å²) in [6.07, 6.45) is 17.4. The number of piperidine rings is 1. The van der Waals surface area contributed by atoms with Crippen molar-refractivity contribution in [2.75, 3.05) is 26.2 Å². The maximum absolute atomic E-state index is 13.1. The molecule has 3 nitrogen and oxygen atoms in total. The molecule has 1 aromatic rings. The molecule has 1 unspecified atom stereocenters. The van der Waals surface area contributed by atoms with Crippen molar-refractivity contribution in [3.63, 3.8) is 0 Å². The van der Waals surface area contributed by atoms with E-state index in [9.17, 15) is 4.79 Å². The van der Waals surface area contributed by atoms with Crippen molar-refractivity contribution in [3.8, 4) is 0 Å². The monoisotopic (exact) mass is 420 g/mol. The van der Waals surface area contributed by atoms with E-state index in [0.29, 0.717) is 11.8 Å². The quantitative estimate of drug-likeness (QED) is 0.561. The second-order valence-corrected chi connectivity index (χ2v) is 11.1. The fourth-order valence-corrected chi connectivity index (χ4v) is 7.50. The highest BCUT2D eigenvalue weighted by Gasteiger charge is 2.54. The molecule has 0 spiro atoms. The minimum absolute atomic E-state index is 0.0138. The van der Waals surface area contributed by atoms with Gasteiger partial charge in [0.25, 0.3) is 0 Å². The number of nitrogens with zero attached hydrogens (tertiary/aromatic N) is 1. The molecule has 4 saturated carbocycles. The summed E-state index contributed by atoms with van der Waals surface area (Å²) in [5, 5.41) is 3.36. The molecule has 3 heteroatoms. The van der Waals surface area contributed by atoms with E-state index < -0.39 is 0 Å². The van der Waals surface area contributed by atoms with E-state index in [1.807, 2.05) is 0 Å². The molecule has 4 bridgehead atoms. The molecular formula is C28H40N2O. The van der Waals surface area contributed by atoms with E-state index in [1.165, 1.54) is 83.0 Å². The Morgan fingerprint density at radius 3 is 2.45 bits per heavy atom. The average molecular weight is 421 g/mol. The highest BCUT2D eigenvalue weighted by atomic mass is 16.2. The molecule has 0 aromatic heterocycles. The Bertz CT molecular complexity index is 735. The zero-order chi connectivity index (χ0) is 21.1. The lowest BCUT2D eigenvalue weighted by Crippen LogP contribution is -2.53. The van der Waals surface area contributed by atoms with Crippen LogP contribution in [0.4, 0.5) is 0 Å². The number of rotatable bonds is 8. The van der Waals surface area contributed by atoms with Crippen LogP contribution in [0, 0.1) is 29.1 Å². The summed E-state index contributed by atoms with van der Waals surface area (Å²) in [7, 11) is 0. The smallest absolute Gasteiger partial charge is 0.226 e. The molecule has 1 saturated heterocycles. The summed E-state index contributed by atoms with van der Waals surface area (Å²) in [5.41, 5.74) is 1.31. The summed E-state index contributed by atoms with van der Waals surface area (Å²) < 4.78 is 0. The second kappa shape index (κ2) is 9.48. The first-order valence-corrected chi connectivity index (χ1v) is 12.9. The van der Waals surface area contributed by atoms with Crippen LogP contribution in [-0.2, 0) is 4.79 Å². The molecule has 1 heterocycles. The van der Waals surface area contributed by atoms with E-state index in [-0.39, 0.29) is 5.41 Å². The summed E-state index contributed by atoms with van der Waals surface area (Å²) >= 11 is 0. The number of unbranched alkanes of at least 4 members (excludes halogenated alkanes) is 1. The molecule has 1 aliphatic heterocycles. The SMILES string of the molecule is O=C(NCCCCN1CCCC(/C=C\c2ccccc2)C1)C12CC3CC(CC(C3)C1)C2. The van der Waals surface area contributed by atoms with Gasteiger partial charge in [0.1, 0.15) is 0 Å². The van der Waals surface area contributed by atoms with Crippen molar-refractivity contribution >= 4 is 12.0 Å². The van der Waals surface area contributed by atoms with Crippen LogP contribution in [0.25, 0.3) is 6.08 Å². The zero-order valence-electron chi connectivity index (χ0n) is 19.1. The highest BCUT2D eigenvalue weighted by molar-refractivity contribution is 5.83. The predicted molar refractivity (Wildman–Crippen MR) is 127 cm³/mol. The van der Waals surface area contributed by atoms with Gasteiger partial charge in [-0.05, 0) is 107 Å². The molecule has 168 valence electrons. The van der Waals surface area contributed by atoms with Gasteiger partial charge in [-0.3, -0.25) is 4.79 Å². The van der Waals surface area contributed by atoms with Crippen molar-refractivity contribution in [1.82, 2.24) is 10.2 Å². The summed E-state index contributed by atoms with van der Waals surface area (Å²) in [6.45, 7) is 4.45. The molecule has 0 radical (unpaired) electrons. The van der Waals surface area contributed by atoms with Crippen molar-refractivity contribution in [2.24, 2.45) is 29.1 Å². The van der Waals surface area contributed by atoms with Gasteiger partial charge in [-0.25, -0.2) is 0 Å². The third kappa shape index (κ3) is 5.08. The van der Waals surface area contributed by atoms with Gasteiger partial charge in [0.2, 0.25) is 5.91 Å². The lowest BCUT2D eigenvalue weighted by Gasteiger charge is -2.55. The van der Waals surface area contributed by atoms with Gasteiger partial charge < -0.3 is 10.2 Å². The Labute approximate surface area is 188 Å². The highest BCUT2D eigenvalue weighted by Crippen LogP contribution is 2.60. The van der Waals surface area contributed by atoms with Crippen LogP contribution < -0.4 is 5.32 Å². The number of amides is 1. The normalized spacial score (nSPS) is 35.0. The lowest BCUT2D eigenvalue weighted by atomic mass is 9.49. The standard InChI is InChI=1S/C28H40N2O/c31-27(28-18-24-15-25(19-28)17-26(16-24)20-28)29-12-4-5-13-30-14-6-9-23(21-30)11-10-22-7-2-1-3-8-22/h1-3,7-8,10-11,23-26H,4-6,9,12-21H2,(H,29,31)/b11-10-. The van der Waals surface area contributed by atoms with E-state index in [2.05, 4.69) is 52.7 Å². The molecule has 1 aromatic carbocycles. The van der Waals surface area contributed by atoms with Crippen molar-refractivity contribution < 1.29 is 4.79 Å². The molecule has 5 aliphatic rings. The van der Waals surface area contributed by atoms with Crippen LogP contribution in [-0.4, -0.2) is 37.0 Å². The Morgan fingerprint density at radius 1 is 1.03 bits per heavy atom. The first-order valence-electron chi connectivity index (χ1n) is 12.9. The molecule has 4 aliphatic carbocycles. The largest absolute Gasteiger partial charge is 0.356 e. The van der Waals surface area contributed by atoms with E-state index in [1.54, 1.807) is 0 Å². The van der Waals surface area contributed by atoms with Gasteiger partial charge in [-0.2, -0.15) is 0 Å². The third-order valence-corrected chi connectivity index (χ3v) is 8.61. The Morgan fingerprint density at radius 2 is 1.74 bits per heavy atom. The van der Waals surface area contributed by atoms with Crippen LogP contribution in [0.3, 0.4) is 0 Å². The van der Waals surface area contributed by atoms with Gasteiger partial charge in [0.15, 0.2) is 0 Å². The van der Waals surface area contributed by atoms with Gasteiger partial charge in [-0.15, -0.1) is 0 Å². The number of carbonyl (C=O) groups is 1. The summed E-state index contributed by atoms with van der Waals surface area (Å²) in [5.74, 6) is 3.61. The first-order chi connectivity index (χ1) is 15.2. The average Bonchev–Trinajstić information content (AvgIpc) is 2.77. The minimum Gasteiger partial charge on any atom is -0.356 e. The maximum atomic E-state index is 13.1. The number of hydrogen-bond donors (Lipinski definition) is 1. The predicted octanol–water partition coefficient (Wildman–Crippen LogP) is 5.52. The number of likely N-dealkylation sites (tertiary alicyclic amines) is 1. The van der Waals surface area contributed by atoms with Crippen molar-refractivity contribution in [2.45, 2.75) is 64.2 Å². The van der Waals surface area contributed by atoms with Crippen LogP contribution in [0.15, 0.2) is 36.4 Å².